The largest absolute Gasteiger partial charge is 0.370 e. The predicted octanol–water partition coefficient (Wildman–Crippen LogP) is 0.00410. The number of aryl methyl sites for hydroxylation is 1. The number of anilines is 1. The van der Waals surface area contributed by atoms with Gasteiger partial charge in [0.1, 0.15) is 6.20 Å². The van der Waals surface area contributed by atoms with E-state index in [0.29, 0.717) is 0 Å². The van der Waals surface area contributed by atoms with E-state index in [-0.39, 0.29) is 24.0 Å². The topological polar surface area (TPSA) is 116 Å². The second-order valence-electron chi connectivity index (χ2n) is 3.51. The fourth-order valence-corrected chi connectivity index (χ4v) is 1.30. The Morgan fingerprint density at radius 1 is 1.81 bits per heavy atom. The Bertz CT molecular complexity index is 414. The third-order valence-corrected chi connectivity index (χ3v) is 1.90. The normalized spacial score (nSPS) is 12.1. The van der Waals surface area contributed by atoms with Crippen LogP contribution in [0.1, 0.15) is 13.3 Å². The van der Waals surface area contributed by atoms with Crippen LogP contribution in [0.4, 0.5) is 11.5 Å². The van der Waals surface area contributed by atoms with Crippen LogP contribution in [0, 0.1) is 10.1 Å². The zero-order chi connectivity index (χ0) is 12.3. The fraction of sp³-hybridized carbons (Fsp3) is 0.500. The maximum atomic E-state index is 10.7. The quantitative estimate of drug-likeness (QED) is 0.542. The third kappa shape index (κ3) is 2.94. The van der Waals surface area contributed by atoms with Crippen molar-refractivity contribution in [3.05, 3.63) is 16.3 Å². The van der Waals surface area contributed by atoms with Gasteiger partial charge < -0.3 is 11.1 Å². The fourth-order valence-electron chi connectivity index (χ4n) is 1.30. The maximum Gasteiger partial charge on any atom is 0.330 e. The van der Waals surface area contributed by atoms with Gasteiger partial charge >= 0.3 is 5.69 Å². The van der Waals surface area contributed by atoms with Crippen LogP contribution in [0.2, 0.25) is 0 Å². The molecular weight excluding hydrogens is 214 g/mol. The molecule has 0 aromatic carbocycles. The molecule has 1 aromatic rings. The summed E-state index contributed by atoms with van der Waals surface area (Å²) < 4.78 is 1.33. The van der Waals surface area contributed by atoms with Crippen LogP contribution in [-0.4, -0.2) is 26.7 Å². The first kappa shape index (κ1) is 12.0. The average Bonchev–Trinajstić information content (AvgIpc) is 2.44. The standard InChI is InChI=1S/C8H13N5O3/c1-5(3-7(9)14)10-8-6(13(15)16)4-12(2)11-8/h4-5H,3H2,1-2H3,(H2,9,14)(H,10,11). The summed E-state index contributed by atoms with van der Waals surface area (Å²) in [5, 5.41) is 17.3. The zero-order valence-electron chi connectivity index (χ0n) is 9.01. The highest BCUT2D eigenvalue weighted by atomic mass is 16.6. The number of carbonyl (C=O) groups excluding carboxylic acids is 1. The summed E-state index contributed by atoms with van der Waals surface area (Å²) in [5.74, 6) is -0.333. The van der Waals surface area contributed by atoms with Gasteiger partial charge in [-0.15, -0.1) is 5.10 Å². The Morgan fingerprint density at radius 3 is 2.94 bits per heavy atom. The maximum absolute atomic E-state index is 10.7. The van der Waals surface area contributed by atoms with Crippen LogP contribution in [0.3, 0.4) is 0 Å². The van der Waals surface area contributed by atoms with Crippen molar-refractivity contribution in [1.82, 2.24) is 9.78 Å². The molecule has 0 aliphatic rings. The number of amides is 1. The Kier molecular flexibility index (Phi) is 3.44. The highest BCUT2D eigenvalue weighted by Gasteiger charge is 2.20. The second-order valence-corrected chi connectivity index (χ2v) is 3.51. The zero-order valence-corrected chi connectivity index (χ0v) is 9.01. The van der Waals surface area contributed by atoms with Gasteiger partial charge in [-0.25, -0.2) is 0 Å². The van der Waals surface area contributed by atoms with Gasteiger partial charge in [0.05, 0.1) is 4.92 Å². The van der Waals surface area contributed by atoms with E-state index < -0.39 is 10.8 Å². The highest BCUT2D eigenvalue weighted by Crippen LogP contribution is 2.22. The molecule has 0 aliphatic carbocycles. The van der Waals surface area contributed by atoms with Crippen molar-refractivity contribution in [2.24, 2.45) is 12.8 Å². The second kappa shape index (κ2) is 4.60. The average molecular weight is 227 g/mol. The third-order valence-electron chi connectivity index (χ3n) is 1.90. The van der Waals surface area contributed by atoms with Crippen molar-refractivity contribution in [2.75, 3.05) is 5.32 Å². The van der Waals surface area contributed by atoms with E-state index in [1.54, 1.807) is 14.0 Å². The van der Waals surface area contributed by atoms with Gasteiger partial charge in [-0.3, -0.25) is 19.6 Å². The first-order chi connectivity index (χ1) is 7.40. The molecule has 0 bridgehead atoms. The van der Waals surface area contributed by atoms with E-state index in [0.717, 1.165) is 0 Å². The summed E-state index contributed by atoms with van der Waals surface area (Å²) in [5.41, 5.74) is 4.89. The molecule has 88 valence electrons. The molecule has 0 saturated carbocycles. The summed E-state index contributed by atoms with van der Waals surface area (Å²) >= 11 is 0. The van der Waals surface area contributed by atoms with Crippen LogP contribution in [0.25, 0.3) is 0 Å². The van der Waals surface area contributed by atoms with Crippen molar-refractivity contribution in [1.29, 1.82) is 0 Å². The van der Waals surface area contributed by atoms with E-state index in [4.69, 9.17) is 5.73 Å². The Morgan fingerprint density at radius 2 is 2.44 bits per heavy atom. The molecule has 0 fully saturated rings. The van der Waals surface area contributed by atoms with E-state index in [1.165, 1.54) is 10.9 Å². The number of primary amides is 1. The number of carbonyl (C=O) groups is 1. The molecule has 0 radical (unpaired) electrons. The SMILES string of the molecule is CC(CC(N)=O)Nc1nn(C)cc1[N+](=O)[O-]. The van der Waals surface area contributed by atoms with Crippen LogP contribution in [0.5, 0.6) is 0 Å². The van der Waals surface area contributed by atoms with E-state index in [2.05, 4.69) is 10.4 Å². The summed E-state index contributed by atoms with van der Waals surface area (Å²) in [4.78, 5) is 20.8. The Hall–Kier alpha value is -2.12. The van der Waals surface area contributed by atoms with E-state index in [1.807, 2.05) is 0 Å². The molecule has 1 aromatic heterocycles. The van der Waals surface area contributed by atoms with E-state index in [9.17, 15) is 14.9 Å². The van der Waals surface area contributed by atoms with Crippen molar-refractivity contribution < 1.29 is 9.72 Å². The molecule has 3 N–H and O–H groups in total. The number of nitrogens with zero attached hydrogens (tertiary/aromatic N) is 3. The summed E-state index contributed by atoms with van der Waals surface area (Å²) in [6, 6.07) is -0.300. The number of nitrogens with two attached hydrogens (primary N) is 1. The first-order valence-electron chi connectivity index (χ1n) is 4.63. The monoisotopic (exact) mass is 227 g/mol. The van der Waals surface area contributed by atoms with Crippen LogP contribution >= 0.6 is 0 Å². The van der Waals surface area contributed by atoms with Gasteiger partial charge in [-0.05, 0) is 6.92 Å². The lowest BCUT2D eigenvalue weighted by Gasteiger charge is -2.09. The van der Waals surface area contributed by atoms with Crippen molar-refractivity contribution >= 4 is 17.4 Å². The molecule has 0 spiro atoms. The van der Waals surface area contributed by atoms with Crippen molar-refractivity contribution in [2.45, 2.75) is 19.4 Å². The molecule has 16 heavy (non-hydrogen) atoms. The molecule has 1 rings (SSSR count). The number of hydrogen-bond acceptors (Lipinski definition) is 5. The van der Waals surface area contributed by atoms with Gasteiger partial charge in [0.2, 0.25) is 11.7 Å². The smallest absolute Gasteiger partial charge is 0.330 e. The molecule has 8 nitrogen and oxygen atoms in total. The molecule has 1 amide bonds. The summed E-state index contributed by atoms with van der Waals surface area (Å²) in [6.45, 7) is 1.70. The molecular formula is C8H13N5O3. The van der Waals surface area contributed by atoms with Crippen molar-refractivity contribution in [3.63, 3.8) is 0 Å². The number of rotatable bonds is 5. The molecule has 1 unspecified atom stereocenters. The molecule has 1 heterocycles. The van der Waals surface area contributed by atoms with Crippen molar-refractivity contribution in [3.8, 4) is 0 Å². The first-order valence-corrected chi connectivity index (χ1v) is 4.63. The number of hydrogen-bond donors (Lipinski definition) is 2. The number of nitrogens with one attached hydrogen (secondary N) is 1. The van der Waals surface area contributed by atoms with Crippen LogP contribution in [0.15, 0.2) is 6.20 Å². The van der Waals surface area contributed by atoms with Gasteiger partial charge in [0.25, 0.3) is 0 Å². The number of aromatic nitrogens is 2. The van der Waals surface area contributed by atoms with Gasteiger partial charge in [0, 0.05) is 19.5 Å². The molecule has 0 saturated heterocycles. The highest BCUT2D eigenvalue weighted by molar-refractivity contribution is 5.75. The summed E-state index contributed by atoms with van der Waals surface area (Å²) in [6.07, 6.45) is 1.38. The minimum atomic E-state index is -0.535. The molecule has 8 heteroatoms. The molecule has 1 atom stereocenters. The Balaban J connectivity index is 2.80. The Labute approximate surface area is 91.6 Å². The minimum absolute atomic E-state index is 0.0910. The van der Waals surface area contributed by atoms with Gasteiger partial charge in [0.15, 0.2) is 0 Å². The lowest BCUT2D eigenvalue weighted by Crippen LogP contribution is -2.24. The van der Waals surface area contributed by atoms with E-state index >= 15 is 0 Å². The van der Waals surface area contributed by atoms with Gasteiger partial charge in [-0.2, -0.15) is 0 Å². The minimum Gasteiger partial charge on any atom is -0.370 e. The lowest BCUT2D eigenvalue weighted by atomic mass is 10.2. The summed E-state index contributed by atoms with van der Waals surface area (Å²) in [7, 11) is 1.58. The number of nitro groups is 1. The predicted molar refractivity (Wildman–Crippen MR) is 56.8 cm³/mol. The van der Waals surface area contributed by atoms with Gasteiger partial charge in [-0.1, -0.05) is 0 Å². The van der Waals surface area contributed by atoms with Crippen LogP contribution in [-0.2, 0) is 11.8 Å². The lowest BCUT2D eigenvalue weighted by molar-refractivity contribution is -0.384. The van der Waals surface area contributed by atoms with Crippen LogP contribution < -0.4 is 11.1 Å². The molecule has 0 aliphatic heterocycles.